The van der Waals surface area contributed by atoms with Gasteiger partial charge >= 0.3 is 5.97 Å². The summed E-state index contributed by atoms with van der Waals surface area (Å²) in [6.45, 7) is 23.4. The van der Waals surface area contributed by atoms with Crippen molar-refractivity contribution in [2.24, 2.45) is 0 Å². The van der Waals surface area contributed by atoms with Crippen molar-refractivity contribution in [3.63, 3.8) is 0 Å². The number of carbonyl (C=O) groups excluding carboxylic acids is 1. The molecule has 0 fully saturated rings. The van der Waals surface area contributed by atoms with Gasteiger partial charge in [0.05, 0.1) is 5.57 Å². The van der Waals surface area contributed by atoms with E-state index < -0.39 is 5.97 Å². The number of aliphatic hydroxyl groups is 1. The largest absolute Gasteiger partial charge is 0.507 e. The van der Waals surface area contributed by atoms with E-state index in [0.717, 1.165) is 0 Å². The Morgan fingerprint density at radius 3 is 2.06 bits per heavy atom. The fourth-order valence-electron chi connectivity index (χ4n) is 2.39. The number of rotatable bonds is 14. The zero-order chi connectivity index (χ0) is 26.2. The molecule has 0 aliphatic carbocycles. The molecule has 0 unspecified atom stereocenters. The lowest BCUT2D eigenvalue weighted by atomic mass is 10.1. The number of aromatic nitrogens is 3. The summed E-state index contributed by atoms with van der Waals surface area (Å²) in [7, 11) is 0. The summed E-state index contributed by atoms with van der Waals surface area (Å²) < 4.78 is 10.0. The van der Waals surface area contributed by atoms with Gasteiger partial charge in [0.2, 0.25) is 6.79 Å². The molecule has 0 aliphatic rings. The molecule has 0 spiro atoms. The van der Waals surface area contributed by atoms with Crippen LogP contribution >= 0.6 is 0 Å². The van der Waals surface area contributed by atoms with Crippen molar-refractivity contribution in [1.82, 2.24) is 15.0 Å². The van der Waals surface area contributed by atoms with Gasteiger partial charge in [0.25, 0.3) is 0 Å². The first-order valence-corrected chi connectivity index (χ1v) is 10.3. The number of nitrogens with zero attached hydrogens (tertiary/aromatic N) is 3. The molecule has 3 N–H and O–H groups in total. The van der Waals surface area contributed by atoms with Crippen LogP contribution in [-0.2, 0) is 14.3 Å². The number of esters is 1. The normalized spacial score (nSPS) is 12.2. The smallest absolute Gasteiger partial charge is 0.305 e. The topological polar surface area (TPSA) is 126 Å². The second kappa shape index (κ2) is 16.7. The van der Waals surface area contributed by atoms with Crippen molar-refractivity contribution >= 4 is 22.7 Å². The van der Waals surface area contributed by atoms with Crippen LogP contribution in [0.3, 0.4) is 0 Å². The van der Waals surface area contributed by atoms with E-state index >= 15 is 0 Å². The van der Waals surface area contributed by atoms with E-state index in [1.807, 2.05) is 0 Å². The van der Waals surface area contributed by atoms with E-state index in [0.29, 0.717) is 17.0 Å². The van der Waals surface area contributed by atoms with Gasteiger partial charge in [-0.2, -0.15) is 0 Å². The number of hydrogen-bond donors (Lipinski definition) is 1. The summed E-state index contributed by atoms with van der Waals surface area (Å²) in [6.07, 6.45) is 17.4. The lowest BCUT2D eigenvalue weighted by Crippen LogP contribution is -2.07. The standard InChI is InChI=1S/C28H29N3O4.H2O/c1-8-13-16-20(6)26-29-27(22(15-10-3)17-14-9-2)31-28(30-26)24(12-5)25(33)18-23(11-4)35-19-34-21(7)32;/h8-18,33H,1-6,19H2,7H3;1H2/b16-13-,17-14-,22-15+,23-18+,25-24-;. The van der Waals surface area contributed by atoms with Crippen molar-refractivity contribution in [3.05, 3.63) is 135 Å². The Kier molecular flexibility index (Phi) is 14.5. The van der Waals surface area contributed by atoms with Crippen molar-refractivity contribution in [2.75, 3.05) is 6.79 Å². The van der Waals surface area contributed by atoms with Crippen LogP contribution in [-0.4, -0.2) is 38.3 Å². The summed E-state index contributed by atoms with van der Waals surface area (Å²) in [5, 5.41) is 10.8. The average Bonchev–Trinajstić information content (AvgIpc) is 2.84. The molecule has 36 heavy (non-hydrogen) atoms. The second-order valence-electron chi connectivity index (χ2n) is 6.53. The first kappa shape index (κ1) is 31.2. The van der Waals surface area contributed by atoms with Crippen LogP contribution in [0.25, 0.3) is 16.7 Å². The van der Waals surface area contributed by atoms with Crippen LogP contribution in [0.4, 0.5) is 0 Å². The van der Waals surface area contributed by atoms with Gasteiger partial charge in [-0.05, 0) is 6.08 Å². The van der Waals surface area contributed by atoms with E-state index in [4.69, 9.17) is 9.47 Å². The van der Waals surface area contributed by atoms with Crippen LogP contribution in [0, 0.1) is 0 Å². The highest BCUT2D eigenvalue weighted by molar-refractivity contribution is 5.78. The maximum atomic E-state index is 10.9. The summed E-state index contributed by atoms with van der Waals surface area (Å²) in [6, 6.07) is 0. The molecule has 1 heterocycles. The van der Waals surface area contributed by atoms with Crippen molar-refractivity contribution in [3.8, 4) is 0 Å². The van der Waals surface area contributed by atoms with Gasteiger partial charge in [0, 0.05) is 24.1 Å². The highest BCUT2D eigenvalue weighted by atomic mass is 16.7. The van der Waals surface area contributed by atoms with E-state index in [1.165, 1.54) is 25.2 Å². The zero-order valence-corrected chi connectivity index (χ0v) is 20.3. The SMILES string of the molecule is C=C/C=C\C(=C)c1nc(/C(C=C)=C(O)/C=C(\C=C)OCOC(C)=O)nc(C(/C=C\C=C)=C/C=C)n1.O. The molecule has 1 rings (SSSR count). The van der Waals surface area contributed by atoms with E-state index in [-0.39, 0.29) is 41.0 Å². The molecule has 8 heteroatoms. The number of aliphatic hydroxyl groups excluding tert-OH is 1. The van der Waals surface area contributed by atoms with Gasteiger partial charge in [0.1, 0.15) is 11.5 Å². The number of hydrogen-bond acceptors (Lipinski definition) is 7. The molecule has 0 saturated heterocycles. The summed E-state index contributed by atoms with van der Waals surface area (Å²) in [5.74, 6) is 0.0942. The van der Waals surface area contributed by atoms with Gasteiger partial charge in [-0.25, -0.2) is 15.0 Å². The minimum Gasteiger partial charge on any atom is -0.507 e. The van der Waals surface area contributed by atoms with Crippen LogP contribution in [0.15, 0.2) is 118 Å². The first-order valence-electron chi connectivity index (χ1n) is 10.3. The first-order chi connectivity index (χ1) is 16.8. The second-order valence-corrected chi connectivity index (χ2v) is 6.53. The lowest BCUT2D eigenvalue weighted by molar-refractivity contribution is -0.150. The highest BCUT2D eigenvalue weighted by Gasteiger charge is 2.15. The van der Waals surface area contributed by atoms with E-state index in [9.17, 15) is 9.90 Å². The fraction of sp³-hybridized carbons (Fsp3) is 0.0714. The van der Waals surface area contributed by atoms with E-state index in [1.54, 1.807) is 48.6 Å². The van der Waals surface area contributed by atoms with Crippen molar-refractivity contribution < 1.29 is 24.9 Å². The van der Waals surface area contributed by atoms with Crippen LogP contribution in [0.2, 0.25) is 0 Å². The Labute approximate surface area is 211 Å². The molecule has 0 saturated carbocycles. The van der Waals surface area contributed by atoms with Crippen molar-refractivity contribution in [2.45, 2.75) is 6.92 Å². The van der Waals surface area contributed by atoms with Crippen molar-refractivity contribution in [1.29, 1.82) is 0 Å². The molecular formula is C28H31N3O5. The van der Waals surface area contributed by atoms with Gasteiger partial charge in [-0.1, -0.05) is 94.2 Å². The third-order valence-electron chi connectivity index (χ3n) is 4.01. The number of allylic oxidation sites excluding steroid dienone is 14. The van der Waals surface area contributed by atoms with E-state index in [2.05, 4.69) is 54.4 Å². The molecule has 0 amide bonds. The van der Waals surface area contributed by atoms with Crippen LogP contribution in [0.5, 0.6) is 0 Å². The summed E-state index contributed by atoms with van der Waals surface area (Å²) in [5.41, 5.74) is 1.31. The molecule has 0 aromatic carbocycles. The predicted octanol–water partition coefficient (Wildman–Crippen LogP) is 5.18. The fourth-order valence-corrected chi connectivity index (χ4v) is 2.39. The molecule has 0 atom stereocenters. The van der Waals surface area contributed by atoms with Gasteiger partial charge < -0.3 is 20.1 Å². The van der Waals surface area contributed by atoms with Gasteiger partial charge in [-0.15, -0.1) is 0 Å². The maximum absolute atomic E-state index is 10.9. The average molecular weight is 490 g/mol. The number of ether oxygens (including phenoxy) is 2. The predicted molar refractivity (Wildman–Crippen MR) is 145 cm³/mol. The van der Waals surface area contributed by atoms with Crippen LogP contribution in [0.1, 0.15) is 24.4 Å². The molecule has 0 bridgehead atoms. The Bertz CT molecular complexity index is 1170. The summed E-state index contributed by atoms with van der Waals surface area (Å²) >= 11 is 0. The Morgan fingerprint density at radius 2 is 1.50 bits per heavy atom. The molecule has 1 aromatic rings. The Balaban J connectivity index is 0.0000122. The molecule has 0 aliphatic heterocycles. The van der Waals surface area contributed by atoms with Crippen LogP contribution < -0.4 is 0 Å². The van der Waals surface area contributed by atoms with Gasteiger partial charge in [0.15, 0.2) is 17.5 Å². The highest BCUT2D eigenvalue weighted by Crippen LogP contribution is 2.22. The Morgan fingerprint density at radius 1 is 0.889 bits per heavy atom. The zero-order valence-electron chi connectivity index (χ0n) is 20.3. The molecule has 1 aromatic heterocycles. The molecule has 0 radical (unpaired) electrons. The molecule has 188 valence electrons. The Hall–Kier alpha value is -4.82. The summed E-state index contributed by atoms with van der Waals surface area (Å²) in [4.78, 5) is 24.4. The molecular weight excluding hydrogens is 458 g/mol. The monoisotopic (exact) mass is 489 g/mol. The maximum Gasteiger partial charge on any atom is 0.305 e. The lowest BCUT2D eigenvalue weighted by Gasteiger charge is -2.10. The van der Waals surface area contributed by atoms with Gasteiger partial charge in [-0.3, -0.25) is 4.79 Å². The molecule has 8 nitrogen and oxygen atoms in total. The quantitative estimate of drug-likeness (QED) is 0.165. The minimum absolute atomic E-state index is 0. The minimum atomic E-state index is -0.509. The third-order valence-corrected chi connectivity index (χ3v) is 4.01. The number of carbonyl (C=O) groups is 1. The third kappa shape index (κ3) is 9.98.